The van der Waals surface area contributed by atoms with Gasteiger partial charge in [0.15, 0.2) is 0 Å². The number of nitrogens with zero attached hydrogens (tertiary/aromatic N) is 2. The van der Waals surface area contributed by atoms with Crippen molar-refractivity contribution in [2.45, 2.75) is 65.8 Å². The first kappa shape index (κ1) is 25.6. The fraction of sp³-hybridized carbons (Fsp3) is 0.500. The minimum atomic E-state index is -0.873. The molecule has 1 saturated heterocycles. The van der Waals surface area contributed by atoms with E-state index in [2.05, 4.69) is 15.6 Å². The Morgan fingerprint density at radius 1 is 1.29 bits per heavy atom. The Hall–Kier alpha value is -2.98. The number of aromatic nitrogens is 1. The summed E-state index contributed by atoms with van der Waals surface area (Å²) in [6.07, 6.45) is -0.739. The maximum absolute atomic E-state index is 13.3. The van der Waals surface area contributed by atoms with Crippen LogP contribution >= 0.6 is 11.3 Å². The van der Waals surface area contributed by atoms with Gasteiger partial charge in [0.1, 0.15) is 17.8 Å². The van der Waals surface area contributed by atoms with Crippen LogP contribution in [0.1, 0.15) is 45.4 Å². The average molecular weight is 489 g/mol. The molecule has 3 atom stereocenters. The summed E-state index contributed by atoms with van der Waals surface area (Å²) in [5.74, 6) is -1.14. The molecule has 9 nitrogen and oxygen atoms in total. The summed E-state index contributed by atoms with van der Waals surface area (Å²) in [6, 6.07) is 3.53. The zero-order valence-corrected chi connectivity index (χ0v) is 20.9. The summed E-state index contributed by atoms with van der Waals surface area (Å²) in [5, 5.41) is 26.1. The Balaban J connectivity index is 1.71. The summed E-state index contributed by atoms with van der Waals surface area (Å²) in [5.41, 5.74) is 3.41. The topological polar surface area (TPSA) is 132 Å². The minimum absolute atomic E-state index is 0.0111. The van der Waals surface area contributed by atoms with Gasteiger partial charge in [0, 0.05) is 32.0 Å². The monoisotopic (exact) mass is 488 g/mol. The van der Waals surface area contributed by atoms with Gasteiger partial charge in [-0.1, -0.05) is 32.9 Å². The molecule has 10 heteroatoms. The molecule has 1 aromatic heterocycles. The minimum Gasteiger partial charge on any atom is -0.508 e. The molecule has 2 aromatic rings. The number of carbonyl (C=O) groups excluding carboxylic acids is 3. The van der Waals surface area contributed by atoms with Crippen molar-refractivity contribution in [3.05, 3.63) is 35.0 Å². The molecule has 1 fully saturated rings. The normalized spacial score (nSPS) is 19.1. The van der Waals surface area contributed by atoms with E-state index in [1.807, 2.05) is 33.8 Å². The first-order valence-electron chi connectivity index (χ1n) is 11.1. The number of aliphatic hydroxyl groups is 1. The number of benzene rings is 1. The van der Waals surface area contributed by atoms with Gasteiger partial charge >= 0.3 is 0 Å². The van der Waals surface area contributed by atoms with Crippen LogP contribution in [0.5, 0.6) is 5.75 Å². The van der Waals surface area contributed by atoms with Gasteiger partial charge < -0.3 is 25.7 Å². The third kappa shape index (κ3) is 5.74. The van der Waals surface area contributed by atoms with Gasteiger partial charge in [-0.25, -0.2) is 4.98 Å². The number of aryl methyl sites for hydroxylation is 1. The summed E-state index contributed by atoms with van der Waals surface area (Å²) < 4.78 is 0. The highest BCUT2D eigenvalue weighted by Gasteiger charge is 2.44. The molecule has 184 valence electrons. The van der Waals surface area contributed by atoms with Gasteiger partial charge in [-0.2, -0.15) is 0 Å². The number of aliphatic hydroxyl groups excluding tert-OH is 1. The second kappa shape index (κ2) is 10.1. The predicted molar refractivity (Wildman–Crippen MR) is 129 cm³/mol. The third-order valence-electron chi connectivity index (χ3n) is 5.87. The van der Waals surface area contributed by atoms with Gasteiger partial charge in [-0.05, 0) is 24.0 Å². The fourth-order valence-corrected chi connectivity index (χ4v) is 4.86. The second-order valence-electron chi connectivity index (χ2n) is 9.72. The molecule has 3 amide bonds. The number of aromatic hydroxyl groups is 1. The van der Waals surface area contributed by atoms with Crippen molar-refractivity contribution >= 4 is 29.1 Å². The molecule has 1 aliphatic heterocycles. The number of carbonyl (C=O) groups is 3. The second-order valence-corrected chi connectivity index (χ2v) is 10.6. The van der Waals surface area contributed by atoms with Crippen LogP contribution in [-0.4, -0.2) is 62.6 Å². The van der Waals surface area contributed by atoms with Crippen LogP contribution in [0.2, 0.25) is 0 Å². The highest BCUT2D eigenvalue weighted by Crippen LogP contribution is 2.31. The van der Waals surface area contributed by atoms with Crippen LogP contribution in [0, 0.1) is 12.3 Å². The third-order valence-corrected chi connectivity index (χ3v) is 6.85. The fourth-order valence-electron chi connectivity index (χ4n) is 4.06. The lowest BCUT2D eigenvalue weighted by Gasteiger charge is -2.35. The van der Waals surface area contributed by atoms with Gasteiger partial charge in [-0.3, -0.25) is 14.4 Å². The lowest BCUT2D eigenvalue weighted by atomic mass is 9.85. The highest BCUT2D eigenvalue weighted by molar-refractivity contribution is 7.13. The van der Waals surface area contributed by atoms with Crippen LogP contribution in [0.25, 0.3) is 10.4 Å². The Morgan fingerprint density at radius 3 is 2.56 bits per heavy atom. The first-order chi connectivity index (χ1) is 15.9. The SMILES string of the molecule is CC(=O)N[C@H](C(=O)N1CC(O)CC1C(=O)NCc1ccc(-c2scnc2C)cc1O)C(C)(C)C. The molecule has 0 bridgehead atoms. The molecule has 1 aromatic carbocycles. The van der Waals surface area contributed by atoms with Crippen LogP contribution < -0.4 is 10.6 Å². The van der Waals surface area contributed by atoms with E-state index in [9.17, 15) is 24.6 Å². The maximum atomic E-state index is 13.3. The molecule has 2 unspecified atom stereocenters. The number of β-amino-alcohol motifs (C(OH)–C–C–N with tert-alkyl or cyclic N) is 1. The largest absolute Gasteiger partial charge is 0.508 e. The van der Waals surface area contributed by atoms with Crippen LogP contribution in [0.15, 0.2) is 23.7 Å². The van der Waals surface area contributed by atoms with E-state index in [0.29, 0.717) is 5.56 Å². The molecule has 4 N–H and O–H groups in total. The molecule has 0 radical (unpaired) electrons. The molecule has 1 aliphatic rings. The number of nitrogens with one attached hydrogen (secondary N) is 2. The van der Waals surface area contributed by atoms with Crippen LogP contribution in [0.3, 0.4) is 0 Å². The van der Waals surface area contributed by atoms with Crippen molar-refractivity contribution in [1.82, 2.24) is 20.5 Å². The van der Waals surface area contributed by atoms with E-state index < -0.39 is 35.4 Å². The van der Waals surface area contributed by atoms with Crippen molar-refractivity contribution in [2.75, 3.05) is 6.54 Å². The van der Waals surface area contributed by atoms with E-state index in [1.165, 1.54) is 23.2 Å². The van der Waals surface area contributed by atoms with E-state index in [4.69, 9.17) is 0 Å². The number of rotatable bonds is 6. The predicted octanol–water partition coefficient (Wildman–Crippen LogP) is 1.95. The number of phenolic OH excluding ortho intramolecular Hbond substituents is 1. The van der Waals surface area contributed by atoms with E-state index in [-0.39, 0.29) is 31.2 Å². The number of likely N-dealkylation sites (tertiary alicyclic amines) is 1. The summed E-state index contributed by atoms with van der Waals surface area (Å²) >= 11 is 1.48. The van der Waals surface area contributed by atoms with Crippen LogP contribution in [-0.2, 0) is 20.9 Å². The molecule has 0 spiro atoms. The summed E-state index contributed by atoms with van der Waals surface area (Å²) in [7, 11) is 0. The maximum Gasteiger partial charge on any atom is 0.246 e. The van der Waals surface area contributed by atoms with E-state index in [0.717, 1.165) is 16.1 Å². The van der Waals surface area contributed by atoms with Gasteiger partial charge in [0.25, 0.3) is 0 Å². The number of hydrogen-bond acceptors (Lipinski definition) is 7. The molecule has 0 aliphatic carbocycles. The zero-order valence-electron chi connectivity index (χ0n) is 20.1. The lowest BCUT2D eigenvalue weighted by molar-refractivity contribution is -0.143. The molecule has 0 saturated carbocycles. The lowest BCUT2D eigenvalue weighted by Crippen LogP contribution is -2.57. The van der Waals surface area contributed by atoms with Crippen LogP contribution in [0.4, 0.5) is 0 Å². The highest BCUT2D eigenvalue weighted by atomic mass is 32.1. The van der Waals surface area contributed by atoms with Gasteiger partial charge in [-0.15, -0.1) is 11.3 Å². The smallest absolute Gasteiger partial charge is 0.246 e. The number of hydrogen-bond donors (Lipinski definition) is 4. The van der Waals surface area contributed by atoms with E-state index >= 15 is 0 Å². The Bertz CT molecular complexity index is 1080. The summed E-state index contributed by atoms with van der Waals surface area (Å²) in [6.45, 7) is 8.79. The van der Waals surface area contributed by atoms with Crippen molar-refractivity contribution in [2.24, 2.45) is 5.41 Å². The van der Waals surface area contributed by atoms with Gasteiger partial charge in [0.05, 0.1) is 22.2 Å². The molecular formula is C24H32N4O5S. The quantitative estimate of drug-likeness (QED) is 0.491. The Morgan fingerprint density at radius 2 is 2.00 bits per heavy atom. The molecule has 3 rings (SSSR count). The number of phenols is 1. The Labute approximate surface area is 203 Å². The Kier molecular flexibility index (Phi) is 7.62. The standard InChI is InChI=1S/C24H32N4O5S/c1-13-20(34-12-26-13)15-6-7-16(19(31)8-15)10-25-22(32)18-9-17(30)11-28(18)23(33)21(24(3,4)5)27-14(2)29/h6-8,12,17-18,21,30-31H,9-11H2,1-5H3,(H,25,32)(H,27,29)/t17?,18?,21-/m1/s1. The number of thiazole rings is 1. The van der Waals surface area contributed by atoms with Crippen molar-refractivity contribution in [3.8, 4) is 16.2 Å². The average Bonchev–Trinajstić information content (AvgIpc) is 3.35. The van der Waals surface area contributed by atoms with Crippen molar-refractivity contribution < 1.29 is 24.6 Å². The molecular weight excluding hydrogens is 456 g/mol. The molecule has 2 heterocycles. The number of amides is 3. The van der Waals surface area contributed by atoms with E-state index in [1.54, 1.807) is 17.6 Å². The summed E-state index contributed by atoms with van der Waals surface area (Å²) in [4.78, 5) is 44.5. The first-order valence-corrected chi connectivity index (χ1v) is 12.0. The van der Waals surface area contributed by atoms with Crippen molar-refractivity contribution in [3.63, 3.8) is 0 Å². The van der Waals surface area contributed by atoms with Crippen molar-refractivity contribution in [1.29, 1.82) is 0 Å². The zero-order chi connectivity index (χ0) is 25.2. The molecule has 34 heavy (non-hydrogen) atoms. The van der Waals surface area contributed by atoms with Gasteiger partial charge in [0.2, 0.25) is 17.7 Å².